The molecule has 0 aliphatic heterocycles. The molecule has 1 aromatic carbocycles. The minimum Gasteiger partial charge on any atom is -0.493 e. The summed E-state index contributed by atoms with van der Waals surface area (Å²) >= 11 is 0. The summed E-state index contributed by atoms with van der Waals surface area (Å²) in [5.74, 6) is 0.417. The monoisotopic (exact) mass is 422 g/mol. The normalized spacial score (nSPS) is 11.7. The Kier molecular flexibility index (Phi) is 5.86. The Balaban J connectivity index is 2.12. The molecule has 1 N–H and O–H groups in total. The van der Waals surface area contributed by atoms with Gasteiger partial charge in [0.1, 0.15) is 0 Å². The Morgan fingerprint density at radius 1 is 1.13 bits per heavy atom. The molecule has 0 atom stereocenters. The quantitative estimate of drug-likeness (QED) is 0.654. The van der Waals surface area contributed by atoms with Gasteiger partial charge in [-0.2, -0.15) is 18.3 Å². The fourth-order valence-corrected chi connectivity index (χ4v) is 2.82. The van der Waals surface area contributed by atoms with E-state index in [0.717, 1.165) is 6.07 Å². The summed E-state index contributed by atoms with van der Waals surface area (Å²) in [6, 6.07) is 6.80. The molecular formula is C20H21F3N4O3. The van der Waals surface area contributed by atoms with E-state index in [-0.39, 0.29) is 23.0 Å². The first-order chi connectivity index (χ1) is 14.1. The molecule has 0 unspecified atom stereocenters. The van der Waals surface area contributed by atoms with Crippen molar-refractivity contribution in [2.45, 2.75) is 20.0 Å². The average Bonchev–Trinajstić information content (AvgIpc) is 3.14. The first kappa shape index (κ1) is 21.4. The number of methoxy groups -OCH3 is 2. The lowest BCUT2D eigenvalue weighted by Gasteiger charge is -2.12. The summed E-state index contributed by atoms with van der Waals surface area (Å²) in [7, 11) is 2.89. The van der Waals surface area contributed by atoms with Crippen molar-refractivity contribution in [1.82, 2.24) is 19.9 Å². The van der Waals surface area contributed by atoms with Crippen LogP contribution in [0.1, 0.15) is 30.0 Å². The highest BCUT2D eigenvalue weighted by Crippen LogP contribution is 2.35. The topological polar surface area (TPSA) is 77.8 Å². The van der Waals surface area contributed by atoms with Crippen molar-refractivity contribution in [3.63, 3.8) is 0 Å². The van der Waals surface area contributed by atoms with Crippen LogP contribution >= 0.6 is 0 Å². The van der Waals surface area contributed by atoms with Crippen molar-refractivity contribution in [3.8, 4) is 22.8 Å². The van der Waals surface area contributed by atoms with Gasteiger partial charge < -0.3 is 14.8 Å². The highest BCUT2D eigenvalue weighted by atomic mass is 19.4. The van der Waals surface area contributed by atoms with Crippen molar-refractivity contribution in [1.29, 1.82) is 0 Å². The smallest absolute Gasteiger partial charge is 0.433 e. The Morgan fingerprint density at radius 2 is 1.83 bits per heavy atom. The molecule has 30 heavy (non-hydrogen) atoms. The minimum absolute atomic E-state index is 0.0600. The number of nitrogens with zero attached hydrogens (tertiary/aromatic N) is 3. The molecule has 0 aliphatic rings. The maximum atomic E-state index is 13.7. The molecular weight excluding hydrogens is 401 g/mol. The van der Waals surface area contributed by atoms with E-state index in [1.165, 1.54) is 26.4 Å². The predicted molar refractivity (Wildman–Crippen MR) is 104 cm³/mol. The zero-order valence-electron chi connectivity index (χ0n) is 16.9. The molecule has 0 saturated heterocycles. The maximum absolute atomic E-state index is 13.7. The number of hydrogen-bond donors (Lipinski definition) is 1. The molecule has 0 radical (unpaired) electrons. The van der Waals surface area contributed by atoms with Crippen LogP contribution < -0.4 is 14.8 Å². The molecule has 0 saturated carbocycles. The van der Waals surface area contributed by atoms with Gasteiger partial charge in [-0.05, 0) is 30.2 Å². The lowest BCUT2D eigenvalue weighted by Crippen LogP contribution is -2.27. The van der Waals surface area contributed by atoms with E-state index in [1.807, 2.05) is 13.8 Å². The van der Waals surface area contributed by atoms with Gasteiger partial charge in [0.2, 0.25) is 0 Å². The molecule has 2 heterocycles. The van der Waals surface area contributed by atoms with Gasteiger partial charge in [-0.1, -0.05) is 13.8 Å². The molecule has 7 nitrogen and oxygen atoms in total. The predicted octanol–water partition coefficient (Wildman–Crippen LogP) is 3.82. The van der Waals surface area contributed by atoms with Gasteiger partial charge >= 0.3 is 6.18 Å². The van der Waals surface area contributed by atoms with E-state index in [0.29, 0.717) is 28.1 Å². The number of amides is 1. The van der Waals surface area contributed by atoms with Crippen molar-refractivity contribution in [3.05, 3.63) is 41.7 Å². The number of hydrogen-bond acceptors (Lipinski definition) is 5. The SMILES string of the molecule is COc1ccc(-c2cc(C(F)(F)F)n3nc(C(=O)NCC(C)C)cc3n2)cc1OC. The van der Waals surface area contributed by atoms with Crippen LogP contribution in [0.3, 0.4) is 0 Å². The van der Waals surface area contributed by atoms with E-state index < -0.39 is 17.8 Å². The van der Waals surface area contributed by atoms with Crippen molar-refractivity contribution < 1.29 is 27.4 Å². The molecule has 0 bridgehead atoms. The zero-order chi connectivity index (χ0) is 22.1. The van der Waals surface area contributed by atoms with Crippen LogP contribution in [0.15, 0.2) is 30.3 Å². The fourth-order valence-electron chi connectivity index (χ4n) is 2.82. The third-order valence-corrected chi connectivity index (χ3v) is 4.30. The third-order valence-electron chi connectivity index (χ3n) is 4.30. The molecule has 0 aliphatic carbocycles. The second-order valence-corrected chi connectivity index (χ2v) is 7.00. The van der Waals surface area contributed by atoms with Gasteiger partial charge in [0, 0.05) is 18.2 Å². The number of carbonyl (C=O) groups excluding carboxylic acids is 1. The second-order valence-electron chi connectivity index (χ2n) is 7.00. The van der Waals surface area contributed by atoms with E-state index in [9.17, 15) is 18.0 Å². The van der Waals surface area contributed by atoms with Gasteiger partial charge in [-0.3, -0.25) is 4.79 Å². The van der Waals surface area contributed by atoms with Crippen LogP contribution in [0.5, 0.6) is 11.5 Å². The number of ether oxygens (including phenoxy) is 2. The van der Waals surface area contributed by atoms with Gasteiger partial charge in [-0.25, -0.2) is 9.50 Å². The number of nitrogens with one attached hydrogen (secondary N) is 1. The van der Waals surface area contributed by atoms with Gasteiger partial charge in [0.15, 0.2) is 28.5 Å². The van der Waals surface area contributed by atoms with Crippen molar-refractivity contribution in [2.75, 3.05) is 20.8 Å². The van der Waals surface area contributed by atoms with E-state index >= 15 is 0 Å². The molecule has 3 rings (SSSR count). The molecule has 2 aromatic heterocycles. The molecule has 160 valence electrons. The number of halogens is 3. The third kappa shape index (κ3) is 4.32. The molecule has 3 aromatic rings. The summed E-state index contributed by atoms with van der Waals surface area (Å²) in [5, 5.41) is 6.47. The number of alkyl halides is 3. The van der Waals surface area contributed by atoms with Crippen LogP contribution in [-0.2, 0) is 6.18 Å². The summed E-state index contributed by atoms with van der Waals surface area (Å²) in [6.07, 6.45) is -4.70. The molecule has 0 spiro atoms. The maximum Gasteiger partial charge on any atom is 0.433 e. The van der Waals surface area contributed by atoms with Crippen LogP contribution in [0.25, 0.3) is 16.9 Å². The Hall–Kier alpha value is -3.30. The standard InChI is InChI=1S/C20H21F3N4O3/c1-11(2)10-24-19(28)14-9-18-25-13(8-17(20(21,22)23)27(18)26-14)12-5-6-15(29-3)16(7-12)30-4/h5-9,11H,10H2,1-4H3,(H,24,28). The van der Waals surface area contributed by atoms with Gasteiger partial charge in [0.25, 0.3) is 5.91 Å². The summed E-state index contributed by atoms with van der Waals surface area (Å²) in [6.45, 7) is 4.19. The Labute approximate surface area is 170 Å². The molecule has 0 fully saturated rings. The first-order valence-electron chi connectivity index (χ1n) is 9.12. The van der Waals surface area contributed by atoms with E-state index in [1.54, 1.807) is 12.1 Å². The molecule has 10 heteroatoms. The number of rotatable bonds is 6. The average molecular weight is 422 g/mol. The van der Waals surface area contributed by atoms with Crippen LogP contribution in [0.2, 0.25) is 0 Å². The van der Waals surface area contributed by atoms with Gasteiger partial charge in [0.05, 0.1) is 19.9 Å². The number of fused-ring (bicyclic) bond motifs is 1. The van der Waals surface area contributed by atoms with Crippen molar-refractivity contribution in [2.24, 2.45) is 5.92 Å². The fraction of sp³-hybridized carbons (Fsp3) is 0.350. The lowest BCUT2D eigenvalue weighted by atomic mass is 10.1. The number of carbonyl (C=O) groups is 1. The van der Waals surface area contributed by atoms with Crippen LogP contribution in [0.4, 0.5) is 13.2 Å². The Morgan fingerprint density at radius 3 is 2.43 bits per heavy atom. The Bertz CT molecular complexity index is 1080. The number of aromatic nitrogens is 3. The lowest BCUT2D eigenvalue weighted by molar-refractivity contribution is -0.142. The summed E-state index contributed by atoms with van der Waals surface area (Å²) < 4.78 is 52.1. The van der Waals surface area contributed by atoms with Gasteiger partial charge in [-0.15, -0.1) is 0 Å². The van der Waals surface area contributed by atoms with E-state index in [2.05, 4.69) is 15.4 Å². The number of benzene rings is 1. The van der Waals surface area contributed by atoms with Crippen LogP contribution in [0, 0.1) is 5.92 Å². The highest BCUT2D eigenvalue weighted by Gasteiger charge is 2.35. The summed E-state index contributed by atoms with van der Waals surface area (Å²) in [4.78, 5) is 16.5. The van der Waals surface area contributed by atoms with E-state index in [4.69, 9.17) is 9.47 Å². The molecule has 1 amide bonds. The summed E-state index contributed by atoms with van der Waals surface area (Å²) in [5.41, 5.74) is -0.819. The minimum atomic E-state index is -4.70. The second kappa shape index (κ2) is 8.21. The zero-order valence-corrected chi connectivity index (χ0v) is 16.9. The van der Waals surface area contributed by atoms with Crippen molar-refractivity contribution >= 4 is 11.6 Å². The highest BCUT2D eigenvalue weighted by molar-refractivity contribution is 5.93. The first-order valence-corrected chi connectivity index (χ1v) is 9.12. The largest absolute Gasteiger partial charge is 0.493 e. The van der Waals surface area contributed by atoms with Crippen LogP contribution in [-0.4, -0.2) is 41.3 Å².